The first kappa shape index (κ1) is 14.3. The van der Waals surface area contributed by atoms with E-state index >= 15 is 0 Å². The molecule has 0 spiro atoms. The Morgan fingerprint density at radius 1 is 1.47 bits per heavy atom. The second-order valence-corrected chi connectivity index (χ2v) is 4.55. The van der Waals surface area contributed by atoms with Crippen molar-refractivity contribution in [1.82, 2.24) is 0 Å². The summed E-state index contributed by atoms with van der Waals surface area (Å²) in [4.78, 5) is 11.6. The molecule has 0 N–H and O–H groups in total. The summed E-state index contributed by atoms with van der Waals surface area (Å²) < 4.78 is 28.6. The molecule has 0 aliphatic rings. The Kier molecular flexibility index (Phi) is 5.21. The van der Waals surface area contributed by atoms with E-state index in [9.17, 15) is 13.6 Å². The summed E-state index contributed by atoms with van der Waals surface area (Å²) in [6.45, 7) is -1.49. The number of ketones is 1. The van der Waals surface area contributed by atoms with Gasteiger partial charge in [-0.3, -0.25) is 4.79 Å². The van der Waals surface area contributed by atoms with Crippen LogP contribution in [-0.4, -0.2) is 18.7 Å². The van der Waals surface area contributed by atoms with E-state index in [1.165, 1.54) is 30.8 Å². The average Bonchev–Trinajstić information content (AvgIpc) is 2.27. The Morgan fingerprint density at radius 3 is 2.59 bits per heavy atom. The molecule has 0 aromatic heterocycles. The molecule has 0 saturated heterocycles. The number of carbonyl (C=O) groups is 1. The molecule has 0 fully saturated rings. The van der Waals surface area contributed by atoms with Crippen molar-refractivity contribution in [1.29, 1.82) is 0 Å². The van der Waals surface area contributed by atoms with Gasteiger partial charge in [-0.1, -0.05) is 6.07 Å². The lowest BCUT2D eigenvalue weighted by Crippen LogP contribution is -2.05. The van der Waals surface area contributed by atoms with Gasteiger partial charge in [0, 0.05) is 4.90 Å². The normalized spacial score (nSPS) is 12.6. The summed E-state index contributed by atoms with van der Waals surface area (Å²) in [5.74, 6) is -0.107. The molecule has 0 heterocycles. The van der Waals surface area contributed by atoms with E-state index in [0.717, 1.165) is 0 Å². The van der Waals surface area contributed by atoms with E-state index in [1.54, 1.807) is 12.3 Å². The van der Waals surface area contributed by atoms with Crippen molar-refractivity contribution < 1.29 is 18.3 Å². The smallest absolute Gasteiger partial charge is 0.387 e. The summed E-state index contributed by atoms with van der Waals surface area (Å²) in [5.41, 5.74) is 0.574. The maximum atomic E-state index is 12.1. The molecule has 0 saturated carbocycles. The van der Waals surface area contributed by atoms with Gasteiger partial charge < -0.3 is 4.74 Å². The SMILES string of the molecule is CSc1cc(C(Cl)C(C)=O)ccc1OC(F)F. The third kappa shape index (κ3) is 3.85. The van der Waals surface area contributed by atoms with Gasteiger partial charge in [-0.25, -0.2) is 0 Å². The average molecular weight is 281 g/mol. The van der Waals surface area contributed by atoms with Crippen LogP contribution in [0.5, 0.6) is 5.75 Å². The topological polar surface area (TPSA) is 26.3 Å². The Labute approximate surface area is 107 Å². The standard InChI is InChI=1S/C11H11ClF2O2S/c1-6(15)10(12)7-3-4-8(16-11(13)14)9(5-7)17-2/h3-5,10-11H,1-2H3. The number of alkyl halides is 3. The molecule has 0 bridgehead atoms. The van der Waals surface area contributed by atoms with Crippen molar-refractivity contribution in [2.45, 2.75) is 23.8 Å². The Bertz CT molecular complexity index is 412. The third-order valence-corrected chi connectivity index (χ3v) is 3.37. The molecule has 0 aliphatic carbocycles. The largest absolute Gasteiger partial charge is 0.434 e. The van der Waals surface area contributed by atoms with Crippen molar-refractivity contribution in [3.63, 3.8) is 0 Å². The van der Waals surface area contributed by atoms with E-state index in [0.29, 0.717) is 10.5 Å². The minimum absolute atomic E-state index is 0.0867. The van der Waals surface area contributed by atoms with Gasteiger partial charge in [0.25, 0.3) is 0 Å². The number of ether oxygens (including phenoxy) is 1. The molecule has 0 amide bonds. The number of halogens is 3. The molecule has 0 radical (unpaired) electrons. The van der Waals surface area contributed by atoms with E-state index in [4.69, 9.17) is 11.6 Å². The highest BCUT2D eigenvalue weighted by Crippen LogP contribution is 2.33. The Morgan fingerprint density at radius 2 is 2.12 bits per heavy atom. The van der Waals surface area contributed by atoms with Crippen LogP contribution in [0.1, 0.15) is 17.9 Å². The zero-order valence-electron chi connectivity index (χ0n) is 9.25. The number of carbonyl (C=O) groups excluding carboxylic acids is 1. The zero-order valence-corrected chi connectivity index (χ0v) is 10.8. The predicted molar refractivity (Wildman–Crippen MR) is 64.1 cm³/mol. The molecular weight excluding hydrogens is 270 g/mol. The molecular formula is C11H11ClF2O2S. The van der Waals surface area contributed by atoms with E-state index < -0.39 is 12.0 Å². The highest BCUT2D eigenvalue weighted by molar-refractivity contribution is 7.98. The fourth-order valence-electron chi connectivity index (χ4n) is 1.27. The van der Waals surface area contributed by atoms with Crippen LogP contribution in [0.25, 0.3) is 0 Å². The van der Waals surface area contributed by atoms with E-state index in [2.05, 4.69) is 4.74 Å². The maximum absolute atomic E-state index is 12.1. The molecule has 1 aromatic rings. The fourth-order valence-corrected chi connectivity index (χ4v) is 1.98. The van der Waals surface area contributed by atoms with Gasteiger partial charge in [0.05, 0.1) is 0 Å². The van der Waals surface area contributed by atoms with Crippen LogP contribution < -0.4 is 4.74 Å². The number of Topliss-reactive ketones (excluding diaryl/α,β-unsaturated/α-hetero) is 1. The Balaban J connectivity index is 3.03. The number of thioether (sulfide) groups is 1. The zero-order chi connectivity index (χ0) is 13.0. The highest BCUT2D eigenvalue weighted by Gasteiger charge is 2.16. The van der Waals surface area contributed by atoms with Gasteiger partial charge in [0.2, 0.25) is 0 Å². The van der Waals surface area contributed by atoms with Crippen LogP contribution in [0, 0.1) is 0 Å². The molecule has 0 aliphatic heterocycles. The molecule has 1 rings (SSSR count). The van der Waals surface area contributed by atoms with Gasteiger partial charge >= 0.3 is 6.61 Å². The van der Waals surface area contributed by atoms with Crippen LogP contribution in [0.3, 0.4) is 0 Å². The second-order valence-electron chi connectivity index (χ2n) is 3.26. The molecule has 94 valence electrons. The maximum Gasteiger partial charge on any atom is 0.387 e. The third-order valence-electron chi connectivity index (χ3n) is 2.05. The second kappa shape index (κ2) is 6.21. The number of rotatable bonds is 5. The molecule has 17 heavy (non-hydrogen) atoms. The summed E-state index contributed by atoms with van der Waals surface area (Å²) in [7, 11) is 0. The molecule has 6 heteroatoms. The van der Waals surface area contributed by atoms with Crippen LogP contribution in [0.15, 0.2) is 23.1 Å². The van der Waals surface area contributed by atoms with Gasteiger partial charge in [-0.05, 0) is 30.9 Å². The highest BCUT2D eigenvalue weighted by atomic mass is 35.5. The van der Waals surface area contributed by atoms with Crippen molar-refractivity contribution >= 4 is 29.1 Å². The summed E-state index contributed by atoms with van der Waals surface area (Å²) in [6.07, 6.45) is 1.73. The Hall–Kier alpha value is -0.810. The van der Waals surface area contributed by atoms with Crippen LogP contribution in [-0.2, 0) is 4.79 Å². The summed E-state index contributed by atoms with van der Waals surface area (Å²) in [6, 6.07) is 4.49. The molecule has 1 unspecified atom stereocenters. The molecule has 1 aromatic carbocycles. The fraction of sp³-hybridized carbons (Fsp3) is 0.364. The van der Waals surface area contributed by atoms with Gasteiger partial charge in [0.15, 0.2) is 5.78 Å². The van der Waals surface area contributed by atoms with Gasteiger partial charge in [-0.15, -0.1) is 23.4 Å². The van der Waals surface area contributed by atoms with E-state index in [1.807, 2.05) is 0 Å². The summed E-state index contributed by atoms with van der Waals surface area (Å²) in [5, 5.41) is -0.763. The number of benzene rings is 1. The summed E-state index contributed by atoms with van der Waals surface area (Å²) >= 11 is 7.13. The van der Waals surface area contributed by atoms with E-state index in [-0.39, 0.29) is 11.5 Å². The lowest BCUT2D eigenvalue weighted by molar-refractivity contribution is -0.116. The first-order chi connectivity index (χ1) is 7.95. The quantitative estimate of drug-likeness (QED) is 0.605. The minimum atomic E-state index is -2.87. The lowest BCUT2D eigenvalue weighted by Gasteiger charge is -2.12. The van der Waals surface area contributed by atoms with Gasteiger partial charge in [0.1, 0.15) is 11.1 Å². The van der Waals surface area contributed by atoms with Crippen molar-refractivity contribution in [3.05, 3.63) is 23.8 Å². The van der Waals surface area contributed by atoms with Crippen LogP contribution >= 0.6 is 23.4 Å². The monoisotopic (exact) mass is 280 g/mol. The van der Waals surface area contributed by atoms with Crippen molar-refractivity contribution in [2.75, 3.05) is 6.26 Å². The number of hydrogen-bond acceptors (Lipinski definition) is 3. The molecule has 2 nitrogen and oxygen atoms in total. The van der Waals surface area contributed by atoms with Crippen LogP contribution in [0.2, 0.25) is 0 Å². The lowest BCUT2D eigenvalue weighted by atomic mass is 10.1. The first-order valence-electron chi connectivity index (χ1n) is 4.73. The van der Waals surface area contributed by atoms with Crippen molar-refractivity contribution in [3.8, 4) is 5.75 Å². The predicted octanol–water partition coefficient (Wildman–Crippen LogP) is 3.88. The first-order valence-corrected chi connectivity index (χ1v) is 6.39. The van der Waals surface area contributed by atoms with Gasteiger partial charge in [-0.2, -0.15) is 8.78 Å². The molecule has 1 atom stereocenters. The number of hydrogen-bond donors (Lipinski definition) is 0. The van der Waals surface area contributed by atoms with Crippen LogP contribution in [0.4, 0.5) is 8.78 Å². The minimum Gasteiger partial charge on any atom is -0.434 e. The van der Waals surface area contributed by atoms with Crippen molar-refractivity contribution in [2.24, 2.45) is 0 Å².